The molecule has 0 atom stereocenters. The number of ether oxygens (including phenoxy) is 1. The zero-order valence-corrected chi connectivity index (χ0v) is 23.9. The zero-order chi connectivity index (χ0) is 30.3. The van der Waals surface area contributed by atoms with E-state index in [-0.39, 0.29) is 17.0 Å². The van der Waals surface area contributed by atoms with Crippen LogP contribution in [0.15, 0.2) is 77.9 Å². The van der Waals surface area contributed by atoms with Crippen LogP contribution in [0.5, 0.6) is 11.5 Å². The maximum absolute atomic E-state index is 15.2. The number of hydrogen-bond donors (Lipinski definition) is 4. The Balaban J connectivity index is 1.31. The Bertz CT molecular complexity index is 1640. The maximum atomic E-state index is 15.2. The molecule has 2 aromatic heterocycles. The van der Waals surface area contributed by atoms with E-state index < -0.39 is 23.1 Å². The van der Waals surface area contributed by atoms with Crippen LogP contribution in [0.3, 0.4) is 0 Å². The van der Waals surface area contributed by atoms with E-state index in [0.717, 1.165) is 37.6 Å². The van der Waals surface area contributed by atoms with Crippen molar-refractivity contribution in [2.45, 2.75) is 25.4 Å². The molecule has 0 aliphatic carbocycles. The molecule has 0 spiro atoms. The van der Waals surface area contributed by atoms with E-state index in [0.29, 0.717) is 29.8 Å². The van der Waals surface area contributed by atoms with Gasteiger partial charge in [-0.15, -0.1) is 0 Å². The molecule has 5 rings (SSSR count). The molecular weight excluding hydrogens is 556 g/mol. The van der Waals surface area contributed by atoms with Gasteiger partial charge in [-0.3, -0.25) is 14.2 Å². The van der Waals surface area contributed by atoms with E-state index in [1.807, 2.05) is 0 Å². The van der Waals surface area contributed by atoms with Crippen molar-refractivity contribution in [2.75, 3.05) is 37.9 Å². The molecule has 0 unspecified atom stereocenters. The van der Waals surface area contributed by atoms with Gasteiger partial charge in [-0.25, -0.2) is 19.2 Å². The van der Waals surface area contributed by atoms with Crippen LogP contribution in [0.1, 0.15) is 28.8 Å². The second-order valence-electron chi connectivity index (χ2n) is 10.2. The second kappa shape index (κ2) is 13.6. The zero-order valence-electron chi connectivity index (χ0n) is 23.9. The summed E-state index contributed by atoms with van der Waals surface area (Å²) in [4.78, 5) is 32.6. The van der Waals surface area contributed by atoms with E-state index in [9.17, 15) is 14.0 Å². The first kappa shape index (κ1) is 29.8. The molecule has 4 aromatic rings. The lowest BCUT2D eigenvalue weighted by Crippen LogP contribution is -2.40. The summed E-state index contributed by atoms with van der Waals surface area (Å²) in [5, 5.41) is 6.13. The summed E-state index contributed by atoms with van der Waals surface area (Å²) in [7, 11) is 3.83. The van der Waals surface area contributed by atoms with E-state index in [4.69, 9.17) is 4.74 Å². The topological polar surface area (TPSA) is 113 Å². The smallest absolute Gasteiger partial charge is 0.267 e. The number of nitrogens with one attached hydrogen (secondary N) is 4. The number of carbonyl (C=O) groups is 1. The molecule has 43 heavy (non-hydrogen) atoms. The number of hydrazine groups is 1. The van der Waals surface area contributed by atoms with E-state index >= 15 is 4.39 Å². The van der Waals surface area contributed by atoms with Crippen LogP contribution in [0.25, 0.3) is 5.69 Å². The fraction of sp³-hybridized carbons (Fsp3) is 0.258. The lowest BCUT2D eigenvalue weighted by Gasteiger charge is -2.30. The van der Waals surface area contributed by atoms with Crippen LogP contribution >= 0.6 is 0 Å². The number of amides is 1. The van der Waals surface area contributed by atoms with Gasteiger partial charge >= 0.3 is 0 Å². The Morgan fingerprint density at radius 3 is 2.53 bits per heavy atom. The van der Waals surface area contributed by atoms with Gasteiger partial charge in [0.05, 0.1) is 5.56 Å². The van der Waals surface area contributed by atoms with Crippen LogP contribution in [-0.4, -0.2) is 53.6 Å². The van der Waals surface area contributed by atoms with Crippen molar-refractivity contribution in [2.24, 2.45) is 0 Å². The lowest BCUT2D eigenvalue weighted by molar-refractivity contribution is 0.102. The third-order valence-corrected chi connectivity index (χ3v) is 7.25. The molecule has 2 aromatic carbocycles. The van der Waals surface area contributed by atoms with Crippen LogP contribution in [0.4, 0.5) is 20.3 Å². The van der Waals surface area contributed by atoms with E-state index in [1.165, 1.54) is 59.3 Å². The van der Waals surface area contributed by atoms with Gasteiger partial charge in [-0.2, -0.15) is 0 Å². The minimum absolute atomic E-state index is 0.0430. The molecule has 1 amide bonds. The number of nitrogens with zero attached hydrogens (tertiary/aromatic N) is 3. The molecule has 0 saturated carbocycles. The van der Waals surface area contributed by atoms with E-state index in [1.54, 1.807) is 19.3 Å². The number of aromatic nitrogens is 2. The minimum Gasteiger partial charge on any atom is -0.454 e. The normalized spacial score (nSPS) is 14.0. The van der Waals surface area contributed by atoms with Gasteiger partial charge in [0.25, 0.3) is 11.5 Å². The van der Waals surface area contributed by atoms with Gasteiger partial charge in [0.2, 0.25) is 0 Å². The first-order chi connectivity index (χ1) is 20.8. The highest BCUT2D eigenvalue weighted by Crippen LogP contribution is 2.32. The lowest BCUT2D eigenvalue weighted by atomic mass is 10.1. The monoisotopic (exact) mass is 589 g/mol. The number of anilines is 2. The third kappa shape index (κ3) is 7.23. The second-order valence-corrected chi connectivity index (χ2v) is 10.2. The highest BCUT2D eigenvalue weighted by molar-refractivity contribution is 6.04. The van der Waals surface area contributed by atoms with Crippen molar-refractivity contribution in [3.63, 3.8) is 0 Å². The van der Waals surface area contributed by atoms with Crippen molar-refractivity contribution >= 4 is 17.4 Å². The third-order valence-electron chi connectivity index (χ3n) is 7.25. The summed E-state index contributed by atoms with van der Waals surface area (Å²) in [6.45, 7) is 2.49. The Labute approximate surface area is 247 Å². The van der Waals surface area contributed by atoms with Crippen LogP contribution in [0, 0.1) is 11.6 Å². The molecule has 1 aliphatic rings. The summed E-state index contributed by atoms with van der Waals surface area (Å²) in [6, 6.07) is 14.2. The molecule has 1 saturated heterocycles. The molecule has 1 aliphatic heterocycles. The number of halogens is 2. The van der Waals surface area contributed by atoms with Gasteiger partial charge in [0, 0.05) is 49.5 Å². The van der Waals surface area contributed by atoms with Gasteiger partial charge in [-0.05, 0) is 87.6 Å². The predicted octanol–water partition coefficient (Wildman–Crippen LogP) is 4.29. The summed E-state index contributed by atoms with van der Waals surface area (Å²) in [5.41, 5.74) is 6.39. The van der Waals surface area contributed by atoms with Gasteiger partial charge in [-0.1, -0.05) is 0 Å². The van der Waals surface area contributed by atoms with Gasteiger partial charge in [0.1, 0.15) is 22.9 Å². The Kier molecular flexibility index (Phi) is 9.40. The molecule has 0 radical (unpaired) electrons. The molecule has 1 fully saturated rings. The largest absolute Gasteiger partial charge is 0.454 e. The number of benzene rings is 2. The van der Waals surface area contributed by atoms with Crippen LogP contribution < -0.4 is 31.8 Å². The molecular formula is C31H33F2N7O3. The number of rotatable bonds is 10. The molecule has 0 bridgehead atoms. The van der Waals surface area contributed by atoms with Crippen molar-refractivity contribution in [3.05, 3.63) is 106 Å². The predicted molar refractivity (Wildman–Crippen MR) is 161 cm³/mol. The molecule has 12 heteroatoms. The first-order valence-electron chi connectivity index (χ1n) is 13.9. The number of pyridine rings is 2. The van der Waals surface area contributed by atoms with Crippen molar-refractivity contribution in [1.29, 1.82) is 0 Å². The Morgan fingerprint density at radius 2 is 1.81 bits per heavy atom. The number of hydrogen-bond acceptors (Lipinski definition) is 8. The average molecular weight is 590 g/mol. The highest BCUT2D eigenvalue weighted by Gasteiger charge is 2.20. The number of carbonyl (C=O) groups excluding carboxylic acids is 1. The maximum Gasteiger partial charge on any atom is 0.267 e. The van der Waals surface area contributed by atoms with Gasteiger partial charge in [0.15, 0.2) is 11.6 Å². The highest BCUT2D eigenvalue weighted by atomic mass is 19.1. The fourth-order valence-electron chi connectivity index (χ4n) is 4.88. The quantitative estimate of drug-likeness (QED) is 0.203. The van der Waals surface area contributed by atoms with Crippen molar-refractivity contribution < 1.29 is 18.3 Å². The first-order valence-corrected chi connectivity index (χ1v) is 13.9. The standard InChI is InChI=1S/C31H33F2N7O3/c1-34-38-29-25(19-36-21-12-16-39(2)17-13-21)27(11-14-35-29)43-28-10-7-22(18-26(28)33)37-30(41)24-4-3-15-40(31(24)42)23-8-5-20(32)6-9-23/h3-11,14-15,18,21,34,36H,12-13,16-17,19H2,1-2H3,(H,35,38)(H,37,41). The Morgan fingerprint density at radius 1 is 1.05 bits per heavy atom. The van der Waals surface area contributed by atoms with Crippen LogP contribution in [-0.2, 0) is 6.54 Å². The summed E-state index contributed by atoms with van der Waals surface area (Å²) in [5.74, 6) is -0.927. The van der Waals surface area contributed by atoms with Crippen molar-refractivity contribution in [1.82, 2.24) is 25.2 Å². The minimum atomic E-state index is -0.714. The van der Waals surface area contributed by atoms with Crippen molar-refractivity contribution in [3.8, 4) is 17.2 Å². The SMILES string of the molecule is CNNc1nccc(Oc2ccc(NC(=O)c3cccn(-c4ccc(F)cc4)c3=O)cc2F)c1CNC1CCN(C)CC1. The van der Waals surface area contributed by atoms with Crippen LogP contribution in [0.2, 0.25) is 0 Å². The Hall–Kier alpha value is -4.65. The number of likely N-dealkylation sites (tertiary alicyclic amines) is 1. The van der Waals surface area contributed by atoms with E-state index in [2.05, 4.69) is 38.4 Å². The summed E-state index contributed by atoms with van der Waals surface area (Å²) in [6.07, 6.45) is 5.09. The fourth-order valence-corrected chi connectivity index (χ4v) is 4.88. The summed E-state index contributed by atoms with van der Waals surface area (Å²) < 4.78 is 35.8. The number of piperidine rings is 1. The molecule has 10 nitrogen and oxygen atoms in total. The molecule has 4 N–H and O–H groups in total. The summed E-state index contributed by atoms with van der Waals surface area (Å²) >= 11 is 0. The molecule has 224 valence electrons. The molecule has 3 heterocycles. The van der Waals surface area contributed by atoms with Gasteiger partial charge < -0.3 is 25.7 Å². The average Bonchev–Trinajstić information content (AvgIpc) is 3.00.